The molecule has 0 unspecified atom stereocenters. The molecular weight excluding hydrogens is 252 g/mol. The van der Waals surface area contributed by atoms with Gasteiger partial charge in [-0.15, -0.1) is 0 Å². The third-order valence-electron chi connectivity index (χ3n) is 3.52. The number of oxazole rings is 1. The van der Waals surface area contributed by atoms with E-state index in [-0.39, 0.29) is 17.7 Å². The van der Waals surface area contributed by atoms with Crippen LogP contribution in [0.3, 0.4) is 0 Å². The Labute approximate surface area is 119 Å². The minimum atomic E-state index is 0.0617. The number of benzene rings is 1. The van der Waals surface area contributed by atoms with Crippen molar-refractivity contribution >= 4 is 22.7 Å². The zero-order valence-electron chi connectivity index (χ0n) is 12.6. The van der Waals surface area contributed by atoms with E-state index in [4.69, 9.17) is 4.42 Å². The molecule has 0 saturated heterocycles. The van der Waals surface area contributed by atoms with Crippen LogP contribution in [0, 0.1) is 5.92 Å². The Kier molecular flexibility index (Phi) is 4.42. The molecule has 1 aromatic heterocycles. The lowest BCUT2D eigenvalue weighted by Gasteiger charge is -2.12. The van der Waals surface area contributed by atoms with Crippen LogP contribution >= 0.6 is 0 Å². The lowest BCUT2D eigenvalue weighted by atomic mass is 10.0. The molecule has 108 valence electrons. The molecule has 0 fully saturated rings. The topological polar surface area (TPSA) is 55.1 Å². The molecule has 0 atom stereocenters. The Morgan fingerprint density at radius 2 is 2.00 bits per heavy atom. The molecule has 2 rings (SSSR count). The van der Waals surface area contributed by atoms with Crippen molar-refractivity contribution in [2.45, 2.75) is 46.5 Å². The van der Waals surface area contributed by atoms with E-state index in [0.29, 0.717) is 0 Å². The van der Waals surface area contributed by atoms with Crippen LogP contribution in [-0.4, -0.2) is 10.9 Å². The van der Waals surface area contributed by atoms with Crippen molar-refractivity contribution < 1.29 is 9.21 Å². The summed E-state index contributed by atoms with van der Waals surface area (Å²) in [5.74, 6) is 1.11. The van der Waals surface area contributed by atoms with Gasteiger partial charge in [0.15, 0.2) is 11.5 Å². The predicted molar refractivity (Wildman–Crippen MR) is 80.8 cm³/mol. The monoisotopic (exact) mass is 274 g/mol. The van der Waals surface area contributed by atoms with Gasteiger partial charge in [0, 0.05) is 23.6 Å². The van der Waals surface area contributed by atoms with E-state index in [1.54, 1.807) is 0 Å². The van der Waals surface area contributed by atoms with Crippen LogP contribution in [0.25, 0.3) is 11.1 Å². The van der Waals surface area contributed by atoms with Crippen LogP contribution in [0.1, 0.15) is 52.3 Å². The van der Waals surface area contributed by atoms with Crippen molar-refractivity contribution in [1.29, 1.82) is 0 Å². The second kappa shape index (κ2) is 6.07. The fourth-order valence-electron chi connectivity index (χ4n) is 2.17. The van der Waals surface area contributed by atoms with E-state index in [9.17, 15) is 4.79 Å². The molecule has 0 spiro atoms. The fraction of sp³-hybridized carbons (Fsp3) is 0.500. The van der Waals surface area contributed by atoms with Gasteiger partial charge in [-0.05, 0) is 25.0 Å². The number of anilines is 1. The lowest BCUT2D eigenvalue weighted by Crippen LogP contribution is -2.21. The average molecular weight is 274 g/mol. The van der Waals surface area contributed by atoms with Crippen molar-refractivity contribution in [3.63, 3.8) is 0 Å². The highest BCUT2D eigenvalue weighted by Gasteiger charge is 2.15. The van der Waals surface area contributed by atoms with Gasteiger partial charge in [-0.3, -0.25) is 4.79 Å². The van der Waals surface area contributed by atoms with Gasteiger partial charge in [-0.2, -0.15) is 0 Å². The molecule has 1 N–H and O–H groups in total. The quantitative estimate of drug-likeness (QED) is 0.883. The summed E-state index contributed by atoms with van der Waals surface area (Å²) in [5, 5.41) is 2.95. The first-order valence-corrected chi connectivity index (χ1v) is 7.26. The molecule has 0 aliphatic heterocycles. The molecule has 4 nitrogen and oxygen atoms in total. The van der Waals surface area contributed by atoms with Gasteiger partial charge in [0.2, 0.25) is 5.91 Å². The molecule has 1 amide bonds. The van der Waals surface area contributed by atoms with Crippen LogP contribution in [0.15, 0.2) is 22.6 Å². The van der Waals surface area contributed by atoms with E-state index in [2.05, 4.69) is 10.3 Å². The third-order valence-corrected chi connectivity index (χ3v) is 3.52. The number of carbonyl (C=O) groups is 1. The average Bonchev–Trinajstić information content (AvgIpc) is 2.83. The van der Waals surface area contributed by atoms with Gasteiger partial charge in [-0.25, -0.2) is 4.98 Å². The summed E-state index contributed by atoms with van der Waals surface area (Å²) in [7, 11) is 0. The summed E-state index contributed by atoms with van der Waals surface area (Å²) in [5.41, 5.74) is 2.31. The number of fused-ring (bicyclic) bond motifs is 1. The van der Waals surface area contributed by atoms with E-state index >= 15 is 0 Å². The zero-order valence-corrected chi connectivity index (χ0v) is 12.6. The highest BCUT2D eigenvalue weighted by Crippen LogP contribution is 2.24. The normalized spacial score (nSPS) is 11.5. The van der Waals surface area contributed by atoms with Gasteiger partial charge in [0.25, 0.3) is 0 Å². The molecule has 1 aromatic carbocycles. The molecule has 4 heteroatoms. The van der Waals surface area contributed by atoms with Gasteiger partial charge < -0.3 is 9.73 Å². The minimum absolute atomic E-state index is 0.0617. The molecule has 2 aromatic rings. The Hall–Kier alpha value is -1.84. The SMILES string of the molecule is CCC(CC)C(=O)Nc1ccc2nc(C(C)C)oc2c1. The summed E-state index contributed by atoms with van der Waals surface area (Å²) >= 11 is 0. The first kappa shape index (κ1) is 14.6. The molecule has 0 radical (unpaired) electrons. The maximum Gasteiger partial charge on any atom is 0.227 e. The second-order valence-electron chi connectivity index (χ2n) is 5.39. The number of hydrogen-bond donors (Lipinski definition) is 1. The molecule has 20 heavy (non-hydrogen) atoms. The van der Waals surface area contributed by atoms with Crippen molar-refractivity contribution in [2.24, 2.45) is 5.92 Å². The predicted octanol–water partition coefficient (Wildman–Crippen LogP) is 4.33. The van der Waals surface area contributed by atoms with E-state index in [1.165, 1.54) is 0 Å². The Bertz CT molecular complexity index is 598. The van der Waals surface area contributed by atoms with E-state index < -0.39 is 0 Å². The van der Waals surface area contributed by atoms with Crippen molar-refractivity contribution in [2.75, 3.05) is 5.32 Å². The molecular formula is C16H22N2O2. The zero-order chi connectivity index (χ0) is 14.7. The smallest absolute Gasteiger partial charge is 0.227 e. The summed E-state index contributed by atoms with van der Waals surface area (Å²) in [6, 6.07) is 5.59. The number of carbonyl (C=O) groups excluding carboxylic acids is 1. The molecule has 0 bridgehead atoms. The highest BCUT2D eigenvalue weighted by molar-refractivity contribution is 5.94. The third kappa shape index (κ3) is 3.00. The lowest BCUT2D eigenvalue weighted by molar-refractivity contribution is -0.120. The Balaban J connectivity index is 2.21. The second-order valence-corrected chi connectivity index (χ2v) is 5.39. The summed E-state index contributed by atoms with van der Waals surface area (Å²) in [4.78, 5) is 16.5. The van der Waals surface area contributed by atoms with Gasteiger partial charge >= 0.3 is 0 Å². The van der Waals surface area contributed by atoms with Gasteiger partial charge in [0.05, 0.1) is 0 Å². The van der Waals surface area contributed by atoms with E-state index in [1.807, 2.05) is 45.9 Å². The largest absolute Gasteiger partial charge is 0.440 e. The molecule has 0 saturated carbocycles. The molecule has 1 heterocycles. The van der Waals surface area contributed by atoms with Crippen LogP contribution in [0.5, 0.6) is 0 Å². The minimum Gasteiger partial charge on any atom is -0.440 e. The highest BCUT2D eigenvalue weighted by atomic mass is 16.3. The maximum absolute atomic E-state index is 12.1. The van der Waals surface area contributed by atoms with Crippen LogP contribution < -0.4 is 5.32 Å². The molecule has 0 aliphatic rings. The number of nitrogens with one attached hydrogen (secondary N) is 1. The number of aromatic nitrogens is 1. The number of rotatable bonds is 5. The van der Waals surface area contributed by atoms with Crippen LogP contribution in [0.2, 0.25) is 0 Å². The summed E-state index contributed by atoms with van der Waals surface area (Å²) in [6.45, 7) is 8.14. The van der Waals surface area contributed by atoms with Crippen LogP contribution in [0.4, 0.5) is 5.69 Å². The number of amides is 1. The number of nitrogens with zero attached hydrogens (tertiary/aromatic N) is 1. The number of hydrogen-bond acceptors (Lipinski definition) is 3. The van der Waals surface area contributed by atoms with E-state index in [0.717, 1.165) is 35.5 Å². The molecule has 0 aliphatic carbocycles. The van der Waals surface area contributed by atoms with Crippen molar-refractivity contribution in [3.05, 3.63) is 24.1 Å². The first-order chi connectivity index (χ1) is 9.55. The maximum atomic E-state index is 12.1. The fourth-order valence-corrected chi connectivity index (χ4v) is 2.17. The van der Waals surface area contributed by atoms with Crippen LogP contribution in [-0.2, 0) is 4.79 Å². The standard InChI is InChI=1S/C16H22N2O2/c1-5-11(6-2)15(19)17-12-7-8-13-14(9-12)20-16(18-13)10(3)4/h7-11H,5-6H2,1-4H3,(H,17,19). The van der Waals surface area contributed by atoms with Crippen molar-refractivity contribution in [3.8, 4) is 0 Å². The van der Waals surface area contributed by atoms with Gasteiger partial charge in [0.1, 0.15) is 5.52 Å². The van der Waals surface area contributed by atoms with Gasteiger partial charge in [-0.1, -0.05) is 27.7 Å². The first-order valence-electron chi connectivity index (χ1n) is 7.26. The van der Waals surface area contributed by atoms with Crippen molar-refractivity contribution in [1.82, 2.24) is 4.98 Å². The Morgan fingerprint density at radius 3 is 2.60 bits per heavy atom. The summed E-state index contributed by atoms with van der Waals surface area (Å²) in [6.07, 6.45) is 1.70. The summed E-state index contributed by atoms with van der Waals surface area (Å²) < 4.78 is 5.70. The Morgan fingerprint density at radius 1 is 1.30 bits per heavy atom.